The lowest BCUT2D eigenvalue weighted by Crippen LogP contribution is -2.65. The molecule has 134 valence electrons. The molecule has 3 atom stereocenters. The molecule has 1 aliphatic heterocycles. The van der Waals surface area contributed by atoms with E-state index < -0.39 is 0 Å². The van der Waals surface area contributed by atoms with Crippen molar-refractivity contribution in [1.82, 2.24) is 4.90 Å². The number of hydrogen-bond donors (Lipinski definition) is 0. The Morgan fingerprint density at radius 1 is 1.20 bits per heavy atom. The Labute approximate surface area is 148 Å². The van der Waals surface area contributed by atoms with E-state index in [9.17, 15) is 4.79 Å². The highest BCUT2D eigenvalue weighted by molar-refractivity contribution is 5.81. The Morgan fingerprint density at radius 3 is 2.68 bits per heavy atom. The van der Waals surface area contributed by atoms with Crippen molar-refractivity contribution in [1.29, 1.82) is 0 Å². The molecule has 0 amide bonds. The van der Waals surface area contributed by atoms with Crippen molar-refractivity contribution in [2.75, 3.05) is 13.7 Å². The molecule has 0 radical (unpaired) electrons. The van der Waals surface area contributed by atoms with Gasteiger partial charge in [-0.2, -0.15) is 0 Å². The summed E-state index contributed by atoms with van der Waals surface area (Å²) in [7, 11) is 2.17. The molecule has 1 aliphatic carbocycles. The van der Waals surface area contributed by atoms with Crippen molar-refractivity contribution in [3.63, 3.8) is 0 Å². The van der Waals surface area contributed by atoms with E-state index in [1.807, 2.05) is 13.0 Å². The van der Waals surface area contributed by atoms with Gasteiger partial charge in [-0.15, -0.1) is 0 Å². The third kappa shape index (κ3) is 2.54. The molecule has 2 heterocycles. The summed E-state index contributed by atoms with van der Waals surface area (Å²) < 4.78 is 11.4. The number of aryl methyl sites for hydroxylation is 2. The number of benzene rings is 1. The van der Waals surface area contributed by atoms with E-state index in [1.54, 1.807) is 6.07 Å². The summed E-state index contributed by atoms with van der Waals surface area (Å²) in [4.78, 5) is 14.4. The van der Waals surface area contributed by atoms with Gasteiger partial charge in [0.15, 0.2) is 0 Å². The minimum Gasteiger partial charge on any atom is -0.423 e. The van der Waals surface area contributed by atoms with Gasteiger partial charge in [0.05, 0.1) is 6.10 Å². The van der Waals surface area contributed by atoms with Crippen molar-refractivity contribution in [3.8, 4) is 0 Å². The topological polar surface area (TPSA) is 42.7 Å². The van der Waals surface area contributed by atoms with Crippen LogP contribution in [0, 0.1) is 25.2 Å². The molecular weight excluding hydrogens is 314 g/mol. The van der Waals surface area contributed by atoms with E-state index in [1.165, 1.54) is 5.56 Å². The molecule has 2 aliphatic rings. The summed E-state index contributed by atoms with van der Waals surface area (Å²) in [6, 6.07) is 6.25. The van der Waals surface area contributed by atoms with Gasteiger partial charge in [-0.25, -0.2) is 4.79 Å². The van der Waals surface area contributed by atoms with Gasteiger partial charge in [0, 0.05) is 42.0 Å². The molecule has 4 heteroatoms. The zero-order valence-electron chi connectivity index (χ0n) is 15.8. The van der Waals surface area contributed by atoms with E-state index in [0.717, 1.165) is 36.1 Å². The second-order valence-electron chi connectivity index (χ2n) is 8.45. The van der Waals surface area contributed by atoms with Crippen molar-refractivity contribution < 1.29 is 9.15 Å². The Hall–Kier alpha value is -1.65. The van der Waals surface area contributed by atoms with E-state index in [4.69, 9.17) is 9.15 Å². The summed E-state index contributed by atoms with van der Waals surface area (Å²) in [5.74, 6) is 0.607. The first-order valence-corrected chi connectivity index (χ1v) is 9.15. The molecule has 0 N–H and O–H groups in total. The molecule has 1 aromatic heterocycles. The van der Waals surface area contributed by atoms with E-state index >= 15 is 0 Å². The number of fused-ring (bicyclic) bond motifs is 2. The fourth-order valence-electron chi connectivity index (χ4n) is 5.17. The molecule has 2 fully saturated rings. The zero-order chi connectivity index (χ0) is 17.9. The normalized spacial score (nSPS) is 27.5. The standard InChI is InChI=1S/C21H27NO3/c1-12-8-16-14(10-18(23)25-17(16)9-13(12)2)11-22(5)19-15-6-7-24-20(15)21(19,3)4/h8-10,15,19-20H,6-7,11H2,1-5H3/t15-,19+,20+/m0/s1. The van der Waals surface area contributed by atoms with Crippen molar-refractivity contribution >= 4 is 11.0 Å². The number of ether oxygens (including phenoxy) is 1. The molecule has 1 aromatic carbocycles. The Balaban J connectivity index is 1.69. The minimum atomic E-state index is -0.269. The quantitative estimate of drug-likeness (QED) is 0.799. The van der Waals surface area contributed by atoms with Crippen LogP contribution >= 0.6 is 0 Å². The number of rotatable bonds is 3. The smallest absolute Gasteiger partial charge is 0.336 e. The molecule has 25 heavy (non-hydrogen) atoms. The van der Waals surface area contributed by atoms with Crippen LogP contribution in [0.4, 0.5) is 0 Å². The summed E-state index contributed by atoms with van der Waals surface area (Å²) in [5.41, 5.74) is 3.99. The van der Waals surface area contributed by atoms with Gasteiger partial charge < -0.3 is 9.15 Å². The van der Waals surface area contributed by atoms with Crippen LogP contribution < -0.4 is 5.63 Å². The molecule has 0 bridgehead atoms. The van der Waals surface area contributed by atoms with Gasteiger partial charge in [0.25, 0.3) is 0 Å². The second-order valence-corrected chi connectivity index (χ2v) is 8.45. The van der Waals surface area contributed by atoms with Crippen molar-refractivity contribution in [2.24, 2.45) is 11.3 Å². The van der Waals surface area contributed by atoms with Crippen LogP contribution in [-0.4, -0.2) is 30.7 Å². The predicted octanol–water partition coefficient (Wildman–Crippen LogP) is 3.66. The van der Waals surface area contributed by atoms with Crippen LogP contribution in [-0.2, 0) is 11.3 Å². The first-order valence-electron chi connectivity index (χ1n) is 9.15. The van der Waals surface area contributed by atoms with Crippen LogP contribution in [0.25, 0.3) is 11.0 Å². The summed E-state index contributed by atoms with van der Waals surface area (Å²) in [6.07, 6.45) is 1.52. The lowest BCUT2D eigenvalue weighted by molar-refractivity contribution is -0.151. The lowest BCUT2D eigenvalue weighted by atomic mass is 9.57. The Morgan fingerprint density at radius 2 is 1.92 bits per heavy atom. The van der Waals surface area contributed by atoms with Gasteiger partial charge in [-0.1, -0.05) is 13.8 Å². The van der Waals surface area contributed by atoms with E-state index in [0.29, 0.717) is 23.6 Å². The molecule has 2 aromatic rings. The van der Waals surface area contributed by atoms with Gasteiger partial charge >= 0.3 is 5.63 Å². The fraction of sp³-hybridized carbons (Fsp3) is 0.571. The average molecular weight is 341 g/mol. The van der Waals surface area contributed by atoms with Crippen LogP contribution in [0.3, 0.4) is 0 Å². The maximum Gasteiger partial charge on any atom is 0.336 e. The molecule has 0 spiro atoms. The van der Waals surface area contributed by atoms with Crippen molar-refractivity contribution in [3.05, 3.63) is 45.3 Å². The fourth-order valence-corrected chi connectivity index (χ4v) is 5.17. The molecule has 4 rings (SSSR count). The molecule has 0 unspecified atom stereocenters. The minimum absolute atomic E-state index is 0.150. The largest absolute Gasteiger partial charge is 0.423 e. The molecule has 4 nitrogen and oxygen atoms in total. The number of nitrogens with zero attached hydrogens (tertiary/aromatic N) is 1. The van der Waals surface area contributed by atoms with Crippen LogP contribution in [0.2, 0.25) is 0 Å². The van der Waals surface area contributed by atoms with E-state index in [2.05, 4.69) is 38.8 Å². The predicted molar refractivity (Wildman–Crippen MR) is 98.8 cm³/mol. The lowest BCUT2D eigenvalue weighted by Gasteiger charge is -2.58. The molecule has 1 saturated heterocycles. The van der Waals surface area contributed by atoms with E-state index in [-0.39, 0.29) is 11.0 Å². The highest BCUT2D eigenvalue weighted by atomic mass is 16.5. The van der Waals surface area contributed by atoms with Gasteiger partial charge in [-0.3, -0.25) is 4.90 Å². The summed E-state index contributed by atoms with van der Waals surface area (Å²) >= 11 is 0. The maximum atomic E-state index is 12.0. The Kier molecular flexibility index (Phi) is 3.82. The third-order valence-corrected chi connectivity index (χ3v) is 6.38. The zero-order valence-corrected chi connectivity index (χ0v) is 15.8. The Bertz CT molecular complexity index is 883. The number of hydrogen-bond acceptors (Lipinski definition) is 4. The van der Waals surface area contributed by atoms with Crippen molar-refractivity contribution in [2.45, 2.75) is 52.8 Å². The SMILES string of the molecule is Cc1cc2oc(=O)cc(CN(C)[C@@H]3[C@@H]4CCO[C@H]4C3(C)C)c2cc1C. The highest BCUT2D eigenvalue weighted by Crippen LogP contribution is 2.54. The molecular formula is C21H27NO3. The third-order valence-electron chi connectivity index (χ3n) is 6.38. The summed E-state index contributed by atoms with van der Waals surface area (Å²) in [5, 5.41) is 1.05. The highest BCUT2D eigenvalue weighted by Gasteiger charge is 2.60. The summed E-state index contributed by atoms with van der Waals surface area (Å²) in [6.45, 7) is 10.4. The van der Waals surface area contributed by atoms with Gasteiger partial charge in [0.1, 0.15) is 5.58 Å². The first kappa shape index (κ1) is 16.8. The maximum absolute atomic E-state index is 12.0. The first-order chi connectivity index (χ1) is 11.8. The van der Waals surface area contributed by atoms with Gasteiger partial charge in [0.2, 0.25) is 0 Å². The second kappa shape index (κ2) is 5.68. The van der Waals surface area contributed by atoms with Crippen LogP contribution in [0.5, 0.6) is 0 Å². The average Bonchev–Trinajstić information content (AvgIpc) is 2.95. The van der Waals surface area contributed by atoms with Crippen LogP contribution in [0.15, 0.2) is 27.4 Å². The molecule has 1 saturated carbocycles. The monoisotopic (exact) mass is 341 g/mol. The van der Waals surface area contributed by atoms with Crippen LogP contribution in [0.1, 0.15) is 37.0 Å². The van der Waals surface area contributed by atoms with Gasteiger partial charge in [-0.05, 0) is 56.1 Å².